The number of carbonyl (C=O) groups is 1. The molecule has 136 valence electrons. The smallest absolute Gasteiger partial charge is 0.226 e. The van der Waals surface area contributed by atoms with Crippen LogP contribution >= 0.6 is 0 Å². The lowest BCUT2D eigenvalue weighted by molar-refractivity contribution is -0.120. The standard InChI is InChI=1S/C18H25N3O4/c1-21(2)9-5-8-19-18(22)12-14-11-16(25-20-14)13-6-7-15(23-3)17(10-13)24-4/h6-7,10-11H,5,8-9,12H2,1-4H3,(H,19,22). The van der Waals surface area contributed by atoms with Crippen molar-refractivity contribution >= 4 is 5.91 Å². The average molecular weight is 347 g/mol. The van der Waals surface area contributed by atoms with Gasteiger partial charge in [-0.2, -0.15) is 0 Å². The molecule has 0 saturated carbocycles. The molecular weight excluding hydrogens is 322 g/mol. The van der Waals surface area contributed by atoms with Crippen molar-refractivity contribution in [2.24, 2.45) is 0 Å². The quantitative estimate of drug-likeness (QED) is 0.699. The number of nitrogens with one attached hydrogen (secondary N) is 1. The van der Waals surface area contributed by atoms with Crippen LogP contribution in [0.5, 0.6) is 11.5 Å². The molecule has 0 atom stereocenters. The molecule has 1 aromatic carbocycles. The second-order valence-corrected chi connectivity index (χ2v) is 5.94. The van der Waals surface area contributed by atoms with Gasteiger partial charge in [0, 0.05) is 18.2 Å². The predicted octanol–water partition coefficient (Wildman–Crippen LogP) is 1.97. The number of hydrogen-bond donors (Lipinski definition) is 1. The third-order valence-corrected chi connectivity index (χ3v) is 3.67. The van der Waals surface area contributed by atoms with E-state index in [2.05, 4.69) is 15.4 Å². The van der Waals surface area contributed by atoms with Gasteiger partial charge in [-0.15, -0.1) is 0 Å². The first kappa shape index (κ1) is 18.8. The van der Waals surface area contributed by atoms with Crippen LogP contribution in [0.25, 0.3) is 11.3 Å². The van der Waals surface area contributed by atoms with Crippen molar-refractivity contribution < 1.29 is 18.8 Å². The highest BCUT2D eigenvalue weighted by Gasteiger charge is 2.13. The molecular formula is C18H25N3O4. The van der Waals surface area contributed by atoms with E-state index in [1.54, 1.807) is 26.4 Å². The number of ether oxygens (including phenoxy) is 2. The van der Waals surface area contributed by atoms with Crippen molar-refractivity contribution in [3.05, 3.63) is 30.0 Å². The van der Waals surface area contributed by atoms with Gasteiger partial charge in [0.1, 0.15) is 0 Å². The molecule has 1 aromatic heterocycles. The number of methoxy groups -OCH3 is 2. The van der Waals surface area contributed by atoms with E-state index in [0.29, 0.717) is 29.5 Å². The van der Waals surface area contributed by atoms with Crippen LogP contribution < -0.4 is 14.8 Å². The van der Waals surface area contributed by atoms with Crippen LogP contribution in [0.15, 0.2) is 28.8 Å². The fourth-order valence-electron chi connectivity index (χ4n) is 2.37. The van der Waals surface area contributed by atoms with Crippen molar-refractivity contribution in [3.8, 4) is 22.8 Å². The summed E-state index contributed by atoms with van der Waals surface area (Å²) in [6.45, 7) is 1.59. The molecule has 0 unspecified atom stereocenters. The molecule has 1 amide bonds. The maximum atomic E-state index is 11.9. The van der Waals surface area contributed by atoms with Gasteiger partial charge in [0.2, 0.25) is 5.91 Å². The highest BCUT2D eigenvalue weighted by atomic mass is 16.5. The highest BCUT2D eigenvalue weighted by Crippen LogP contribution is 2.32. The van der Waals surface area contributed by atoms with E-state index in [1.165, 1.54) is 0 Å². The molecule has 1 heterocycles. The largest absolute Gasteiger partial charge is 0.493 e. The second-order valence-electron chi connectivity index (χ2n) is 5.94. The lowest BCUT2D eigenvalue weighted by Gasteiger charge is -2.09. The predicted molar refractivity (Wildman–Crippen MR) is 94.9 cm³/mol. The third-order valence-electron chi connectivity index (χ3n) is 3.67. The van der Waals surface area contributed by atoms with Crippen LogP contribution in [0.2, 0.25) is 0 Å². The monoisotopic (exact) mass is 347 g/mol. The SMILES string of the molecule is COc1ccc(-c2cc(CC(=O)NCCCN(C)C)no2)cc1OC. The number of aromatic nitrogens is 1. The zero-order valence-corrected chi connectivity index (χ0v) is 15.2. The van der Waals surface area contributed by atoms with Gasteiger partial charge in [-0.1, -0.05) is 5.16 Å². The van der Waals surface area contributed by atoms with Gasteiger partial charge in [0.15, 0.2) is 17.3 Å². The number of benzene rings is 1. The van der Waals surface area contributed by atoms with Crippen LogP contribution in [0.3, 0.4) is 0 Å². The summed E-state index contributed by atoms with van der Waals surface area (Å²) in [5.74, 6) is 1.77. The Morgan fingerprint density at radius 3 is 2.64 bits per heavy atom. The minimum Gasteiger partial charge on any atom is -0.493 e. The van der Waals surface area contributed by atoms with Crippen molar-refractivity contribution in [1.29, 1.82) is 0 Å². The Labute approximate surface area is 147 Å². The molecule has 0 aliphatic carbocycles. The molecule has 2 rings (SSSR count). The molecule has 0 spiro atoms. The summed E-state index contributed by atoms with van der Waals surface area (Å²) < 4.78 is 15.9. The van der Waals surface area contributed by atoms with E-state index in [0.717, 1.165) is 18.5 Å². The summed E-state index contributed by atoms with van der Waals surface area (Å²) >= 11 is 0. The molecule has 7 heteroatoms. The second kappa shape index (κ2) is 9.08. The number of hydrogen-bond acceptors (Lipinski definition) is 6. The van der Waals surface area contributed by atoms with Crippen LogP contribution in [0.1, 0.15) is 12.1 Å². The normalized spacial score (nSPS) is 10.8. The van der Waals surface area contributed by atoms with Crippen molar-refractivity contribution in [2.45, 2.75) is 12.8 Å². The van der Waals surface area contributed by atoms with E-state index in [9.17, 15) is 4.79 Å². The van der Waals surface area contributed by atoms with Crippen LogP contribution in [-0.4, -0.2) is 57.4 Å². The lowest BCUT2D eigenvalue weighted by Crippen LogP contribution is -2.28. The van der Waals surface area contributed by atoms with E-state index in [-0.39, 0.29) is 12.3 Å². The van der Waals surface area contributed by atoms with Gasteiger partial charge in [0.25, 0.3) is 0 Å². The molecule has 1 N–H and O–H groups in total. The van der Waals surface area contributed by atoms with Crippen molar-refractivity contribution in [3.63, 3.8) is 0 Å². The number of rotatable bonds is 9. The summed E-state index contributed by atoms with van der Waals surface area (Å²) in [5, 5.41) is 6.86. The number of nitrogens with zero attached hydrogens (tertiary/aromatic N) is 2. The Kier molecular flexibility index (Phi) is 6.82. The van der Waals surface area contributed by atoms with Gasteiger partial charge in [-0.05, 0) is 45.3 Å². The Morgan fingerprint density at radius 2 is 1.96 bits per heavy atom. The van der Waals surface area contributed by atoms with Gasteiger partial charge in [-0.3, -0.25) is 4.79 Å². The van der Waals surface area contributed by atoms with E-state index < -0.39 is 0 Å². The molecule has 0 saturated heterocycles. The summed E-state index contributed by atoms with van der Waals surface area (Å²) in [6, 6.07) is 7.23. The molecule has 0 fully saturated rings. The zero-order chi connectivity index (χ0) is 18.2. The number of amides is 1. The van der Waals surface area contributed by atoms with Crippen molar-refractivity contribution in [2.75, 3.05) is 41.4 Å². The summed E-state index contributed by atoms with van der Waals surface area (Å²) in [5.41, 5.74) is 1.40. The van der Waals surface area contributed by atoms with Crippen LogP contribution in [0.4, 0.5) is 0 Å². The fraction of sp³-hybridized carbons (Fsp3) is 0.444. The summed E-state index contributed by atoms with van der Waals surface area (Å²) in [6.07, 6.45) is 1.10. The van der Waals surface area contributed by atoms with Crippen LogP contribution in [0, 0.1) is 0 Å². The Morgan fingerprint density at radius 1 is 1.20 bits per heavy atom. The molecule has 0 aliphatic rings. The molecule has 7 nitrogen and oxygen atoms in total. The Bertz CT molecular complexity index is 697. The topological polar surface area (TPSA) is 76.8 Å². The fourth-order valence-corrected chi connectivity index (χ4v) is 2.37. The molecule has 25 heavy (non-hydrogen) atoms. The van der Waals surface area contributed by atoms with E-state index in [4.69, 9.17) is 14.0 Å². The molecule has 0 aliphatic heterocycles. The Hall–Kier alpha value is -2.54. The lowest BCUT2D eigenvalue weighted by atomic mass is 10.1. The van der Waals surface area contributed by atoms with E-state index >= 15 is 0 Å². The van der Waals surface area contributed by atoms with Crippen molar-refractivity contribution in [1.82, 2.24) is 15.4 Å². The van der Waals surface area contributed by atoms with Crippen LogP contribution in [-0.2, 0) is 11.2 Å². The first-order valence-corrected chi connectivity index (χ1v) is 8.13. The maximum Gasteiger partial charge on any atom is 0.226 e. The molecule has 2 aromatic rings. The van der Waals surface area contributed by atoms with Gasteiger partial charge in [-0.25, -0.2) is 0 Å². The minimum absolute atomic E-state index is 0.0640. The van der Waals surface area contributed by atoms with Gasteiger partial charge < -0.3 is 24.2 Å². The first-order valence-electron chi connectivity index (χ1n) is 8.13. The zero-order valence-electron chi connectivity index (χ0n) is 15.2. The average Bonchev–Trinajstić information content (AvgIpc) is 3.06. The summed E-state index contributed by atoms with van der Waals surface area (Å²) in [4.78, 5) is 14.0. The van der Waals surface area contributed by atoms with E-state index in [1.807, 2.05) is 26.2 Å². The molecule has 0 bridgehead atoms. The third kappa shape index (κ3) is 5.49. The Balaban J connectivity index is 1.94. The first-order chi connectivity index (χ1) is 12.0. The molecule has 0 radical (unpaired) electrons. The maximum absolute atomic E-state index is 11.9. The highest BCUT2D eigenvalue weighted by molar-refractivity contribution is 5.78. The van der Waals surface area contributed by atoms with Gasteiger partial charge >= 0.3 is 0 Å². The van der Waals surface area contributed by atoms with Gasteiger partial charge in [0.05, 0.1) is 26.3 Å². The minimum atomic E-state index is -0.0640. The number of carbonyl (C=O) groups excluding carboxylic acids is 1. The summed E-state index contributed by atoms with van der Waals surface area (Å²) in [7, 11) is 7.18.